The maximum Gasteiger partial charge on any atom is 0.0847 e. The first kappa shape index (κ1) is 15.3. The molecule has 0 aliphatic carbocycles. The van der Waals surface area contributed by atoms with Gasteiger partial charge in [-0.3, -0.25) is 16.0 Å². The standard InChI is InChI=1S/C14H18Cl2N4/c1-3-20-13(14(16)9(2)19-20)8-12(18-17)10-4-6-11(15)7-5-10/h4-7,12,18H,3,8,17H2,1-2H3. The average molecular weight is 313 g/mol. The monoisotopic (exact) mass is 312 g/mol. The zero-order chi connectivity index (χ0) is 14.7. The van der Waals surface area contributed by atoms with E-state index in [0.29, 0.717) is 16.5 Å². The number of halogens is 2. The Bertz CT molecular complexity index is 578. The van der Waals surface area contributed by atoms with Crippen molar-refractivity contribution in [3.8, 4) is 0 Å². The van der Waals surface area contributed by atoms with E-state index >= 15 is 0 Å². The number of hydrazine groups is 1. The highest BCUT2D eigenvalue weighted by Gasteiger charge is 2.18. The van der Waals surface area contributed by atoms with Crippen molar-refractivity contribution in [1.29, 1.82) is 0 Å². The van der Waals surface area contributed by atoms with Crippen LogP contribution in [0.2, 0.25) is 10.0 Å². The van der Waals surface area contributed by atoms with E-state index in [0.717, 1.165) is 23.5 Å². The van der Waals surface area contributed by atoms with Crippen LogP contribution >= 0.6 is 23.2 Å². The van der Waals surface area contributed by atoms with Gasteiger partial charge in [-0.15, -0.1) is 0 Å². The third-order valence-electron chi connectivity index (χ3n) is 3.32. The molecule has 0 aliphatic heterocycles. The molecule has 1 heterocycles. The normalized spacial score (nSPS) is 12.7. The second-order valence-corrected chi connectivity index (χ2v) is 5.45. The van der Waals surface area contributed by atoms with Crippen LogP contribution in [0.4, 0.5) is 0 Å². The van der Waals surface area contributed by atoms with Gasteiger partial charge >= 0.3 is 0 Å². The number of benzene rings is 1. The molecule has 0 saturated carbocycles. The van der Waals surface area contributed by atoms with Gasteiger partial charge in [0.2, 0.25) is 0 Å². The van der Waals surface area contributed by atoms with Crippen LogP contribution in [-0.4, -0.2) is 9.78 Å². The molecular weight excluding hydrogens is 295 g/mol. The molecule has 4 nitrogen and oxygen atoms in total. The topological polar surface area (TPSA) is 55.9 Å². The van der Waals surface area contributed by atoms with Crippen molar-refractivity contribution in [2.75, 3.05) is 0 Å². The molecule has 0 amide bonds. The van der Waals surface area contributed by atoms with Crippen molar-refractivity contribution in [3.05, 3.63) is 51.3 Å². The number of nitrogens with zero attached hydrogens (tertiary/aromatic N) is 2. The Balaban J connectivity index is 2.28. The van der Waals surface area contributed by atoms with E-state index in [1.54, 1.807) is 0 Å². The molecule has 0 bridgehead atoms. The fourth-order valence-corrected chi connectivity index (χ4v) is 2.56. The van der Waals surface area contributed by atoms with Crippen LogP contribution in [0, 0.1) is 6.92 Å². The Hall–Kier alpha value is -1.07. The maximum absolute atomic E-state index is 6.33. The molecule has 6 heteroatoms. The predicted octanol–water partition coefficient (Wildman–Crippen LogP) is 3.27. The molecule has 0 fully saturated rings. The molecule has 1 unspecified atom stereocenters. The molecular formula is C14H18Cl2N4. The van der Waals surface area contributed by atoms with E-state index in [1.807, 2.05) is 42.8 Å². The van der Waals surface area contributed by atoms with Gasteiger partial charge in [0, 0.05) is 18.0 Å². The van der Waals surface area contributed by atoms with Gasteiger partial charge in [-0.1, -0.05) is 35.3 Å². The number of aromatic nitrogens is 2. The van der Waals surface area contributed by atoms with Crippen molar-refractivity contribution in [1.82, 2.24) is 15.2 Å². The number of nitrogens with one attached hydrogen (secondary N) is 1. The van der Waals surface area contributed by atoms with Crippen molar-refractivity contribution in [3.63, 3.8) is 0 Å². The minimum Gasteiger partial charge on any atom is -0.271 e. The van der Waals surface area contributed by atoms with Gasteiger partial charge in [0.05, 0.1) is 22.5 Å². The van der Waals surface area contributed by atoms with Crippen LogP contribution in [-0.2, 0) is 13.0 Å². The van der Waals surface area contributed by atoms with Gasteiger partial charge in [0.1, 0.15) is 0 Å². The van der Waals surface area contributed by atoms with Crippen molar-refractivity contribution >= 4 is 23.2 Å². The fraction of sp³-hybridized carbons (Fsp3) is 0.357. The summed E-state index contributed by atoms with van der Waals surface area (Å²) in [6.45, 7) is 4.73. The van der Waals surface area contributed by atoms with Crippen molar-refractivity contribution in [2.45, 2.75) is 32.9 Å². The highest BCUT2D eigenvalue weighted by atomic mass is 35.5. The maximum atomic E-state index is 6.33. The first-order valence-corrected chi connectivity index (χ1v) is 7.25. The van der Waals surface area contributed by atoms with Gasteiger partial charge in [0.15, 0.2) is 0 Å². The molecule has 0 spiro atoms. The Morgan fingerprint density at radius 2 is 1.95 bits per heavy atom. The largest absolute Gasteiger partial charge is 0.271 e. The number of nitrogens with two attached hydrogens (primary N) is 1. The highest BCUT2D eigenvalue weighted by Crippen LogP contribution is 2.26. The molecule has 108 valence electrons. The molecule has 0 radical (unpaired) electrons. The summed E-state index contributed by atoms with van der Waals surface area (Å²) >= 11 is 12.2. The summed E-state index contributed by atoms with van der Waals surface area (Å²) in [5.74, 6) is 5.68. The summed E-state index contributed by atoms with van der Waals surface area (Å²) in [5, 5.41) is 5.83. The lowest BCUT2D eigenvalue weighted by Gasteiger charge is -2.17. The third-order valence-corrected chi connectivity index (χ3v) is 4.07. The van der Waals surface area contributed by atoms with Gasteiger partial charge in [-0.2, -0.15) is 5.10 Å². The number of hydrogen-bond donors (Lipinski definition) is 2. The molecule has 0 saturated heterocycles. The molecule has 1 aromatic carbocycles. The third kappa shape index (κ3) is 3.15. The zero-order valence-electron chi connectivity index (χ0n) is 11.5. The quantitative estimate of drug-likeness (QED) is 0.658. The molecule has 20 heavy (non-hydrogen) atoms. The van der Waals surface area contributed by atoms with E-state index in [9.17, 15) is 0 Å². The summed E-state index contributed by atoms with van der Waals surface area (Å²) in [4.78, 5) is 0. The van der Waals surface area contributed by atoms with Crippen LogP contribution in [0.15, 0.2) is 24.3 Å². The Labute approximate surface area is 128 Å². The van der Waals surface area contributed by atoms with E-state index in [4.69, 9.17) is 29.0 Å². The molecule has 1 aromatic heterocycles. The summed E-state index contributed by atoms with van der Waals surface area (Å²) in [6, 6.07) is 7.59. The smallest absolute Gasteiger partial charge is 0.0847 e. The Morgan fingerprint density at radius 1 is 1.30 bits per heavy atom. The van der Waals surface area contributed by atoms with Gasteiger partial charge in [-0.05, 0) is 31.5 Å². The first-order valence-electron chi connectivity index (χ1n) is 6.50. The van der Waals surface area contributed by atoms with Crippen LogP contribution in [0.5, 0.6) is 0 Å². The number of aryl methyl sites for hydroxylation is 2. The minimum atomic E-state index is -0.0360. The van der Waals surface area contributed by atoms with E-state index in [2.05, 4.69) is 10.5 Å². The average Bonchev–Trinajstić information content (AvgIpc) is 2.73. The Kier molecular flexibility index (Phi) is 5.05. The number of hydrogen-bond acceptors (Lipinski definition) is 3. The predicted molar refractivity (Wildman–Crippen MR) is 82.9 cm³/mol. The van der Waals surface area contributed by atoms with Gasteiger partial charge in [-0.25, -0.2) is 0 Å². The SMILES string of the molecule is CCn1nc(C)c(Cl)c1CC(NN)c1ccc(Cl)cc1. The fourth-order valence-electron chi connectivity index (χ4n) is 2.23. The summed E-state index contributed by atoms with van der Waals surface area (Å²) < 4.78 is 1.91. The lowest BCUT2D eigenvalue weighted by atomic mass is 10.0. The van der Waals surface area contributed by atoms with Gasteiger partial charge in [0.25, 0.3) is 0 Å². The molecule has 2 aromatic rings. The second-order valence-electron chi connectivity index (χ2n) is 4.64. The first-order chi connectivity index (χ1) is 9.56. The highest BCUT2D eigenvalue weighted by molar-refractivity contribution is 6.31. The van der Waals surface area contributed by atoms with Crippen molar-refractivity contribution in [2.24, 2.45) is 5.84 Å². The lowest BCUT2D eigenvalue weighted by molar-refractivity contribution is 0.517. The molecule has 3 N–H and O–H groups in total. The lowest BCUT2D eigenvalue weighted by Crippen LogP contribution is -2.30. The van der Waals surface area contributed by atoms with Crippen LogP contribution in [0.3, 0.4) is 0 Å². The van der Waals surface area contributed by atoms with E-state index < -0.39 is 0 Å². The summed E-state index contributed by atoms with van der Waals surface area (Å²) in [5.41, 5.74) is 5.73. The van der Waals surface area contributed by atoms with E-state index in [1.165, 1.54) is 0 Å². The van der Waals surface area contributed by atoms with Crippen LogP contribution in [0.1, 0.15) is 29.9 Å². The van der Waals surface area contributed by atoms with Crippen LogP contribution in [0.25, 0.3) is 0 Å². The van der Waals surface area contributed by atoms with Crippen molar-refractivity contribution < 1.29 is 0 Å². The Morgan fingerprint density at radius 3 is 2.50 bits per heavy atom. The number of rotatable bonds is 5. The second kappa shape index (κ2) is 6.59. The molecule has 1 atom stereocenters. The molecule has 2 rings (SSSR count). The summed E-state index contributed by atoms with van der Waals surface area (Å²) in [6.07, 6.45) is 0.672. The molecule has 0 aliphatic rings. The summed E-state index contributed by atoms with van der Waals surface area (Å²) in [7, 11) is 0. The minimum absolute atomic E-state index is 0.0360. The van der Waals surface area contributed by atoms with E-state index in [-0.39, 0.29) is 6.04 Å². The van der Waals surface area contributed by atoms with Gasteiger partial charge < -0.3 is 0 Å². The van der Waals surface area contributed by atoms with Crippen LogP contribution < -0.4 is 11.3 Å². The zero-order valence-corrected chi connectivity index (χ0v) is 13.0.